The summed E-state index contributed by atoms with van der Waals surface area (Å²) < 4.78 is 13.1. The molecule has 1 heterocycles. The second kappa shape index (κ2) is 9.17. The monoisotopic (exact) mass is 433 g/mol. The summed E-state index contributed by atoms with van der Waals surface area (Å²) in [7, 11) is 3.45. The number of aryl methyl sites for hydroxylation is 2. The Labute approximate surface area is 189 Å². The number of hydrogen-bond acceptors (Lipinski definition) is 5. The van der Waals surface area contributed by atoms with Gasteiger partial charge in [0.1, 0.15) is 17.3 Å². The van der Waals surface area contributed by atoms with Crippen LogP contribution in [0.1, 0.15) is 42.3 Å². The van der Waals surface area contributed by atoms with Crippen molar-refractivity contribution in [2.45, 2.75) is 45.8 Å². The maximum Gasteiger partial charge on any atom is 0.278 e. The topological polar surface area (TPSA) is 65.4 Å². The first-order valence-corrected chi connectivity index (χ1v) is 11.2. The van der Waals surface area contributed by atoms with Gasteiger partial charge < -0.3 is 14.8 Å². The number of nitrogens with one attached hydrogen (secondary N) is 1. The van der Waals surface area contributed by atoms with Gasteiger partial charge in [-0.2, -0.15) is 0 Å². The van der Waals surface area contributed by atoms with Crippen LogP contribution in [0.3, 0.4) is 0 Å². The third kappa shape index (κ3) is 3.91. The second-order valence-corrected chi connectivity index (χ2v) is 8.17. The van der Waals surface area contributed by atoms with Gasteiger partial charge in [0.2, 0.25) is 0 Å². The van der Waals surface area contributed by atoms with Crippen LogP contribution in [0.5, 0.6) is 5.75 Å². The maximum absolute atomic E-state index is 13.4. The number of methoxy groups -OCH3 is 1. The van der Waals surface area contributed by atoms with Crippen LogP contribution in [-0.4, -0.2) is 29.4 Å². The zero-order valence-corrected chi connectivity index (χ0v) is 19.4. The quantitative estimate of drug-likeness (QED) is 0.597. The smallest absolute Gasteiger partial charge is 0.278 e. The molecule has 0 saturated carbocycles. The molecule has 0 amide bonds. The summed E-state index contributed by atoms with van der Waals surface area (Å²) in [4.78, 5) is 18.2. The fourth-order valence-electron chi connectivity index (χ4n) is 4.57. The third-order valence-corrected chi connectivity index (χ3v) is 6.24. The van der Waals surface area contributed by atoms with Crippen LogP contribution in [0.2, 0.25) is 0 Å². The Morgan fingerprint density at radius 1 is 1.19 bits per heavy atom. The minimum Gasteiger partial charge on any atom is -0.497 e. The number of fused-ring (bicyclic) bond motifs is 1. The Kier molecular flexibility index (Phi) is 6.33. The standard InChI is InChI=1S/C26H31N3O3/c1-6-21-25(28-23-20-11-9-8-10-17(20)15-22(23)32-7-2)29(4)26(30)24(27-21)19-13-12-18(31-5)14-16(19)3/h8-14,22-23,28H,6-7,15H2,1-5H3/t22-,23+/m0/s1. The molecule has 32 heavy (non-hydrogen) atoms. The van der Waals surface area contributed by atoms with Crippen LogP contribution in [0, 0.1) is 6.92 Å². The molecule has 3 aromatic rings. The molecule has 1 aliphatic carbocycles. The van der Waals surface area contributed by atoms with Crippen molar-refractivity contribution in [1.29, 1.82) is 0 Å². The van der Waals surface area contributed by atoms with Crippen molar-refractivity contribution >= 4 is 5.82 Å². The lowest BCUT2D eigenvalue weighted by atomic mass is 10.0. The molecule has 1 N–H and O–H groups in total. The summed E-state index contributed by atoms with van der Waals surface area (Å²) in [5.41, 5.74) is 5.47. The summed E-state index contributed by atoms with van der Waals surface area (Å²) in [6.45, 7) is 6.69. The Bertz CT molecular complexity index is 1190. The molecular formula is C26H31N3O3. The zero-order chi connectivity index (χ0) is 22.8. The van der Waals surface area contributed by atoms with Crippen LogP contribution < -0.4 is 15.6 Å². The summed E-state index contributed by atoms with van der Waals surface area (Å²) in [5, 5.41) is 3.63. The molecule has 4 rings (SSSR count). The Balaban J connectivity index is 1.78. The van der Waals surface area contributed by atoms with Crippen LogP contribution in [0.25, 0.3) is 11.3 Å². The molecule has 0 fully saturated rings. The average Bonchev–Trinajstić information content (AvgIpc) is 3.14. The highest BCUT2D eigenvalue weighted by molar-refractivity contribution is 5.65. The molecule has 0 radical (unpaired) electrons. The molecule has 168 valence electrons. The average molecular weight is 434 g/mol. The van der Waals surface area contributed by atoms with Gasteiger partial charge in [-0.15, -0.1) is 0 Å². The lowest BCUT2D eigenvalue weighted by molar-refractivity contribution is 0.0572. The van der Waals surface area contributed by atoms with Crippen molar-refractivity contribution in [2.75, 3.05) is 19.0 Å². The molecule has 0 aliphatic heterocycles. The van der Waals surface area contributed by atoms with Gasteiger partial charge in [-0.25, -0.2) is 4.98 Å². The number of aromatic nitrogens is 2. The Hall–Kier alpha value is -3.12. The first kappa shape index (κ1) is 22.1. The number of nitrogens with zero attached hydrogens (tertiary/aromatic N) is 2. The largest absolute Gasteiger partial charge is 0.497 e. The van der Waals surface area contributed by atoms with Crippen molar-refractivity contribution < 1.29 is 9.47 Å². The first-order chi connectivity index (χ1) is 15.5. The molecule has 0 spiro atoms. The molecule has 1 aromatic heterocycles. The van der Waals surface area contributed by atoms with Gasteiger partial charge >= 0.3 is 0 Å². The molecule has 2 aromatic carbocycles. The summed E-state index contributed by atoms with van der Waals surface area (Å²) in [6.07, 6.45) is 1.57. The predicted molar refractivity (Wildman–Crippen MR) is 128 cm³/mol. The van der Waals surface area contributed by atoms with Crippen molar-refractivity contribution in [1.82, 2.24) is 9.55 Å². The third-order valence-electron chi connectivity index (χ3n) is 6.24. The summed E-state index contributed by atoms with van der Waals surface area (Å²) in [5.74, 6) is 1.51. The molecule has 6 nitrogen and oxygen atoms in total. The van der Waals surface area contributed by atoms with Crippen molar-refractivity contribution in [3.63, 3.8) is 0 Å². The lowest BCUT2D eigenvalue weighted by Gasteiger charge is -2.25. The first-order valence-electron chi connectivity index (χ1n) is 11.2. The molecule has 0 saturated heterocycles. The van der Waals surface area contributed by atoms with Gasteiger partial charge in [-0.05, 0) is 55.2 Å². The molecule has 6 heteroatoms. The summed E-state index contributed by atoms with van der Waals surface area (Å²) >= 11 is 0. The highest BCUT2D eigenvalue weighted by Crippen LogP contribution is 2.36. The van der Waals surface area contributed by atoms with E-state index in [2.05, 4.69) is 36.5 Å². The van der Waals surface area contributed by atoms with E-state index < -0.39 is 0 Å². The lowest BCUT2D eigenvalue weighted by Crippen LogP contribution is -2.31. The predicted octanol–water partition coefficient (Wildman–Crippen LogP) is 4.44. The van der Waals surface area contributed by atoms with E-state index in [0.717, 1.165) is 34.8 Å². The minimum absolute atomic E-state index is 0.0146. The maximum atomic E-state index is 13.4. The van der Waals surface area contributed by atoms with Gasteiger partial charge in [0.25, 0.3) is 5.56 Å². The van der Waals surface area contributed by atoms with Crippen molar-refractivity contribution in [3.8, 4) is 17.0 Å². The van der Waals surface area contributed by atoms with Crippen LogP contribution >= 0.6 is 0 Å². The van der Waals surface area contributed by atoms with E-state index in [4.69, 9.17) is 14.5 Å². The highest BCUT2D eigenvalue weighted by atomic mass is 16.5. The molecule has 2 atom stereocenters. The van der Waals surface area contributed by atoms with Crippen LogP contribution in [-0.2, 0) is 24.6 Å². The highest BCUT2D eigenvalue weighted by Gasteiger charge is 2.34. The van der Waals surface area contributed by atoms with E-state index in [1.807, 2.05) is 39.1 Å². The van der Waals surface area contributed by atoms with Gasteiger partial charge in [-0.1, -0.05) is 31.2 Å². The Morgan fingerprint density at radius 2 is 1.97 bits per heavy atom. The van der Waals surface area contributed by atoms with Crippen molar-refractivity contribution in [3.05, 3.63) is 75.2 Å². The van der Waals surface area contributed by atoms with Gasteiger partial charge in [0, 0.05) is 25.6 Å². The number of benzene rings is 2. The number of anilines is 1. The number of ether oxygens (including phenoxy) is 2. The second-order valence-electron chi connectivity index (χ2n) is 8.17. The molecule has 1 aliphatic rings. The molecular weight excluding hydrogens is 402 g/mol. The van der Waals surface area contributed by atoms with Gasteiger partial charge in [0.05, 0.1) is 24.9 Å². The summed E-state index contributed by atoms with van der Waals surface area (Å²) in [6, 6.07) is 14.1. The van der Waals surface area contributed by atoms with Crippen molar-refractivity contribution in [2.24, 2.45) is 7.05 Å². The fraction of sp³-hybridized carbons (Fsp3) is 0.385. The number of rotatable bonds is 7. The van der Waals surface area contributed by atoms with Crippen LogP contribution in [0.4, 0.5) is 5.82 Å². The van der Waals surface area contributed by atoms with Gasteiger partial charge in [-0.3, -0.25) is 9.36 Å². The van der Waals surface area contributed by atoms with Gasteiger partial charge in [0.15, 0.2) is 0 Å². The van der Waals surface area contributed by atoms with E-state index in [0.29, 0.717) is 18.7 Å². The SMILES string of the molecule is CCO[C@H]1Cc2ccccc2[C@H]1Nc1c(CC)nc(-c2ccc(OC)cc2C)c(=O)n1C. The number of hydrogen-bond donors (Lipinski definition) is 1. The van der Waals surface area contributed by atoms with E-state index in [-0.39, 0.29) is 17.7 Å². The zero-order valence-electron chi connectivity index (χ0n) is 19.4. The fourth-order valence-corrected chi connectivity index (χ4v) is 4.57. The van der Waals surface area contributed by atoms with Crippen LogP contribution in [0.15, 0.2) is 47.3 Å². The molecule has 0 unspecified atom stereocenters. The van der Waals surface area contributed by atoms with E-state index in [1.165, 1.54) is 11.1 Å². The van der Waals surface area contributed by atoms with E-state index in [1.54, 1.807) is 11.7 Å². The molecule has 0 bridgehead atoms. The normalized spacial score (nSPS) is 17.3. The van der Waals surface area contributed by atoms with E-state index >= 15 is 0 Å². The Morgan fingerprint density at radius 3 is 2.66 bits per heavy atom. The minimum atomic E-state index is -0.128. The van der Waals surface area contributed by atoms with E-state index in [9.17, 15) is 4.79 Å².